The van der Waals surface area contributed by atoms with Crippen LogP contribution in [0.1, 0.15) is 36.0 Å². The van der Waals surface area contributed by atoms with Crippen molar-refractivity contribution in [3.8, 4) is 10.6 Å². The number of piperidine rings is 1. The first-order chi connectivity index (χ1) is 19.3. The molecule has 1 amide bonds. The Hall–Kier alpha value is -3.96. The van der Waals surface area contributed by atoms with Crippen LogP contribution in [0.15, 0.2) is 52.5 Å². The van der Waals surface area contributed by atoms with Gasteiger partial charge in [-0.1, -0.05) is 28.9 Å². The molecule has 0 aliphatic carbocycles. The van der Waals surface area contributed by atoms with E-state index in [9.17, 15) is 14.8 Å². The molecular weight excluding hydrogens is 552 g/mol. The summed E-state index contributed by atoms with van der Waals surface area (Å²) in [5.41, 5.74) is 3.41. The van der Waals surface area contributed by atoms with Gasteiger partial charge < -0.3 is 20.2 Å². The van der Waals surface area contributed by atoms with Gasteiger partial charge in [-0.25, -0.2) is 14.8 Å². The number of rotatable bonds is 6. The number of aromatic nitrogens is 3. The highest BCUT2D eigenvalue weighted by Gasteiger charge is 2.38. The summed E-state index contributed by atoms with van der Waals surface area (Å²) in [5.74, 6) is 0.598. The zero-order valence-electron chi connectivity index (χ0n) is 21.9. The lowest BCUT2D eigenvalue weighted by Gasteiger charge is -2.33. The Morgan fingerprint density at radius 1 is 1.27 bits per heavy atom. The number of ether oxygens (including phenoxy) is 1. The number of aryl methyl sites for hydroxylation is 1. The van der Waals surface area contributed by atoms with Crippen molar-refractivity contribution < 1.29 is 14.7 Å². The number of carbonyl (C=O) groups is 1. The maximum Gasteiger partial charge on any atom is 0.410 e. The van der Waals surface area contributed by atoms with Crippen LogP contribution >= 0.6 is 22.9 Å². The summed E-state index contributed by atoms with van der Waals surface area (Å²) >= 11 is 7.44. The van der Waals surface area contributed by atoms with Gasteiger partial charge in [0.15, 0.2) is 0 Å². The zero-order valence-corrected chi connectivity index (χ0v) is 23.5. The molecule has 206 valence electrons. The molecule has 4 heterocycles. The maximum atomic E-state index is 13.8. The maximum absolute atomic E-state index is 13.8. The summed E-state index contributed by atoms with van der Waals surface area (Å²) < 4.78 is 6.90. The lowest BCUT2D eigenvalue weighted by atomic mass is 9.97. The predicted molar refractivity (Wildman–Crippen MR) is 155 cm³/mol. The lowest BCUT2D eigenvalue weighted by Crippen LogP contribution is -2.45. The third-order valence-corrected chi connectivity index (χ3v) is 8.88. The van der Waals surface area contributed by atoms with Crippen LogP contribution in [0, 0.1) is 6.92 Å². The van der Waals surface area contributed by atoms with Gasteiger partial charge in [0.25, 0.3) is 5.56 Å². The van der Waals surface area contributed by atoms with Crippen LogP contribution in [0.4, 0.5) is 10.5 Å². The average Bonchev–Trinajstić information content (AvgIpc) is 3.59. The van der Waals surface area contributed by atoms with Gasteiger partial charge in [0, 0.05) is 35.1 Å². The molecule has 2 N–H and O–H groups in total. The fourth-order valence-electron chi connectivity index (χ4n) is 5.30. The quantitative estimate of drug-likeness (QED) is 0.185. The Kier molecular flexibility index (Phi) is 6.93. The number of benzene rings is 2. The highest BCUT2D eigenvalue weighted by molar-refractivity contribution is 7.17. The van der Waals surface area contributed by atoms with Gasteiger partial charge in [-0.2, -0.15) is 0 Å². The van der Waals surface area contributed by atoms with Crippen LogP contribution in [0.25, 0.3) is 21.5 Å². The van der Waals surface area contributed by atoms with Crippen molar-refractivity contribution in [1.29, 1.82) is 0 Å². The Morgan fingerprint density at radius 3 is 2.85 bits per heavy atom. The Balaban J connectivity index is 1.42. The fourth-order valence-corrected chi connectivity index (χ4v) is 6.31. The third-order valence-electron chi connectivity index (χ3n) is 7.49. The molecule has 2 aromatic carbocycles. The molecule has 12 heteroatoms. The Morgan fingerprint density at radius 2 is 2.08 bits per heavy atom. The number of thiazole rings is 1. The van der Waals surface area contributed by atoms with Gasteiger partial charge in [-0.05, 0) is 56.5 Å². The normalized spacial score (nSPS) is 19.1. The molecule has 0 radical (unpaired) electrons. The molecule has 2 atom stereocenters. The fraction of sp³-hybridized carbons (Fsp3) is 0.321. The van der Waals surface area contributed by atoms with E-state index in [0.29, 0.717) is 52.2 Å². The summed E-state index contributed by atoms with van der Waals surface area (Å²) in [4.78, 5) is 37.7. The predicted octanol–water partition coefficient (Wildman–Crippen LogP) is 5.12. The van der Waals surface area contributed by atoms with Gasteiger partial charge in [-0.15, -0.1) is 11.3 Å². The molecule has 0 saturated carbocycles. The molecule has 2 fully saturated rings. The van der Waals surface area contributed by atoms with Crippen molar-refractivity contribution >= 4 is 51.3 Å². The second kappa shape index (κ2) is 10.5. The number of anilines is 1. The molecular formula is C28H27ClN6O4S. The number of nitrogens with zero attached hydrogens (tertiary/aromatic N) is 5. The third kappa shape index (κ3) is 4.90. The standard InChI is InChI=1S/C28H27ClN6O4S/c1-15(33-38)25-12-30-26(40-25)21-10-24-22(11-23(21)32-19-7-8-34-20(9-19)14-39-28(34)37)27(36)35(16(2)31-24)13-17-3-5-18(29)6-4-17/h3-6,10-12,19-20,32,38H,7-9,13-14H2,1-2H3/b33-15+/t19-,20-/m0/s1. The largest absolute Gasteiger partial charge is 0.447 e. The van der Waals surface area contributed by atoms with Crippen LogP contribution in [-0.2, 0) is 11.3 Å². The van der Waals surface area contributed by atoms with Crippen LogP contribution < -0.4 is 10.9 Å². The number of halogens is 1. The molecule has 2 aliphatic rings. The van der Waals surface area contributed by atoms with Gasteiger partial charge in [0.05, 0.1) is 34.1 Å². The minimum Gasteiger partial charge on any atom is -0.447 e. The van der Waals surface area contributed by atoms with E-state index in [1.54, 1.807) is 34.7 Å². The first-order valence-electron chi connectivity index (χ1n) is 13.0. The lowest BCUT2D eigenvalue weighted by molar-refractivity contribution is 0.153. The number of hydrogen-bond donors (Lipinski definition) is 2. The molecule has 4 aromatic rings. The number of amides is 1. The Labute approximate surface area is 238 Å². The van der Waals surface area contributed by atoms with E-state index in [0.717, 1.165) is 34.5 Å². The van der Waals surface area contributed by atoms with E-state index in [2.05, 4.69) is 15.5 Å². The number of cyclic esters (lactones) is 1. The molecule has 2 aromatic heterocycles. The summed E-state index contributed by atoms with van der Waals surface area (Å²) in [6.45, 7) is 4.90. The monoisotopic (exact) mass is 578 g/mol. The van der Waals surface area contributed by atoms with Gasteiger partial charge >= 0.3 is 6.09 Å². The van der Waals surface area contributed by atoms with E-state index < -0.39 is 0 Å². The first-order valence-corrected chi connectivity index (χ1v) is 14.1. The molecule has 0 spiro atoms. The van der Waals surface area contributed by atoms with E-state index in [4.69, 9.17) is 21.3 Å². The molecule has 2 saturated heterocycles. The molecule has 0 bridgehead atoms. The second-order valence-corrected chi connectivity index (χ2v) is 11.6. The summed E-state index contributed by atoms with van der Waals surface area (Å²) in [6.07, 6.45) is 2.89. The van der Waals surface area contributed by atoms with E-state index in [-0.39, 0.29) is 23.7 Å². The smallest absolute Gasteiger partial charge is 0.410 e. The van der Waals surface area contributed by atoms with Crippen molar-refractivity contribution in [3.63, 3.8) is 0 Å². The second-order valence-electron chi connectivity index (χ2n) is 10.1. The number of fused-ring (bicyclic) bond motifs is 2. The topological polar surface area (TPSA) is 122 Å². The van der Waals surface area contributed by atoms with E-state index in [1.807, 2.05) is 31.2 Å². The average molecular weight is 579 g/mol. The van der Waals surface area contributed by atoms with Gasteiger partial charge in [0.1, 0.15) is 17.4 Å². The summed E-state index contributed by atoms with van der Waals surface area (Å²) in [5, 5.41) is 18.0. The van der Waals surface area contributed by atoms with Crippen molar-refractivity contribution in [2.24, 2.45) is 5.16 Å². The number of hydrogen-bond acceptors (Lipinski definition) is 9. The van der Waals surface area contributed by atoms with Crippen LogP contribution in [0.3, 0.4) is 0 Å². The van der Waals surface area contributed by atoms with Crippen LogP contribution in [0.5, 0.6) is 0 Å². The SMILES string of the molecule is C/C(=N\O)c1cnc(-c2cc3nc(C)n(Cc4ccc(Cl)cc4)c(=O)c3cc2N[C@H]2CCN3C(=O)OC[C@@H]3C2)s1. The summed E-state index contributed by atoms with van der Waals surface area (Å²) in [7, 11) is 0. The molecule has 0 unspecified atom stereocenters. The van der Waals surface area contributed by atoms with Crippen molar-refractivity contribution in [3.05, 3.63) is 74.2 Å². The van der Waals surface area contributed by atoms with Gasteiger partial charge in [-0.3, -0.25) is 9.36 Å². The van der Waals surface area contributed by atoms with Crippen LogP contribution in [-0.4, -0.2) is 61.7 Å². The van der Waals surface area contributed by atoms with E-state index >= 15 is 0 Å². The molecule has 10 nitrogen and oxygen atoms in total. The molecule has 2 aliphatic heterocycles. The van der Waals surface area contributed by atoms with Crippen molar-refractivity contribution in [2.75, 3.05) is 18.5 Å². The van der Waals surface area contributed by atoms with Crippen molar-refractivity contribution in [1.82, 2.24) is 19.4 Å². The number of nitrogens with one attached hydrogen (secondary N) is 1. The number of carbonyl (C=O) groups excluding carboxylic acids is 1. The number of oxime groups is 1. The Bertz CT molecular complexity index is 1700. The van der Waals surface area contributed by atoms with E-state index in [1.165, 1.54) is 11.3 Å². The highest BCUT2D eigenvalue weighted by Crippen LogP contribution is 2.36. The first kappa shape index (κ1) is 26.3. The van der Waals surface area contributed by atoms with Gasteiger partial charge in [0.2, 0.25) is 0 Å². The minimum atomic E-state index is -0.256. The summed E-state index contributed by atoms with van der Waals surface area (Å²) in [6, 6.07) is 11.3. The molecule has 40 heavy (non-hydrogen) atoms. The van der Waals surface area contributed by atoms with Crippen molar-refractivity contribution in [2.45, 2.75) is 45.3 Å². The minimum absolute atomic E-state index is 0.0263. The zero-order chi connectivity index (χ0) is 28.0. The highest BCUT2D eigenvalue weighted by atomic mass is 35.5. The molecule has 6 rings (SSSR count). The van der Waals surface area contributed by atoms with Crippen LogP contribution in [0.2, 0.25) is 5.02 Å².